The molecule has 4 heavy (non-hydrogen) atoms. The molecule has 0 saturated heterocycles. The summed E-state index contributed by atoms with van der Waals surface area (Å²) < 4.78 is 0. The molecule has 1 nitrogen and oxygen atoms in total. The summed E-state index contributed by atoms with van der Waals surface area (Å²) in [5.74, 6) is 0. The molecule has 0 unspecified atom stereocenters. The zero-order chi connectivity index (χ0) is 2.00. The zero-order valence-electron chi connectivity index (χ0n) is 2.26. The average Bonchev–Trinajstić information content (AvgIpc) is 1.00. The van der Waals surface area contributed by atoms with Crippen molar-refractivity contribution in [1.82, 2.24) is 0 Å². The predicted molar refractivity (Wildman–Crippen MR) is 8.14 cm³/mol. The Morgan fingerprint density at radius 1 is 1.00 bits per heavy atom. The van der Waals surface area contributed by atoms with Crippen LogP contribution >= 0.6 is 0 Å². The van der Waals surface area contributed by atoms with Gasteiger partial charge in [-0.25, -0.2) is 0 Å². The maximum absolute atomic E-state index is 7.00. The Balaban J connectivity index is -0.00000000500. The van der Waals surface area contributed by atoms with Crippen LogP contribution < -0.4 is 0 Å². The molecule has 0 amide bonds. The summed E-state index contributed by atoms with van der Waals surface area (Å²) in [6.45, 7) is 0. The second kappa shape index (κ2) is 27.0. The minimum absolute atomic E-state index is 0. The van der Waals surface area contributed by atoms with Gasteiger partial charge in [0, 0.05) is 49.2 Å². The van der Waals surface area contributed by atoms with Gasteiger partial charge in [0.2, 0.25) is 0 Å². The molecule has 0 aliphatic rings. The predicted octanol–water partition coefficient (Wildman–Crippen LogP) is -0.397. The third-order valence-corrected chi connectivity index (χ3v) is 0. The second-order valence-corrected chi connectivity index (χ2v) is 0. The van der Waals surface area contributed by atoms with Crippen molar-refractivity contribution in [2.45, 2.75) is 0 Å². The van der Waals surface area contributed by atoms with Gasteiger partial charge in [0.05, 0.1) is 0 Å². The number of rotatable bonds is 0. The van der Waals surface area contributed by atoms with Crippen LogP contribution in [0.4, 0.5) is 0 Å². The normalized spacial score (nSPS) is 1.50. The largest absolute Gasteiger partial charge is 0.400 e. The molecule has 0 saturated carbocycles. The molecule has 0 aliphatic heterocycles. The topological polar surface area (TPSA) is 20.2 Å². The van der Waals surface area contributed by atoms with Crippen LogP contribution in [0, 0.1) is 0 Å². The van der Waals surface area contributed by atoms with Crippen LogP contribution in [0.2, 0.25) is 0 Å². The summed E-state index contributed by atoms with van der Waals surface area (Å²) >= 11 is 0. The van der Waals surface area contributed by atoms with E-state index in [9.17, 15) is 0 Å². The molecule has 0 heterocycles. The monoisotopic (exact) mass is 400 g/mol. The van der Waals surface area contributed by atoms with E-state index in [0.717, 1.165) is 7.11 Å². The van der Waals surface area contributed by atoms with Crippen LogP contribution in [0.1, 0.15) is 0 Å². The summed E-state index contributed by atoms with van der Waals surface area (Å²) in [7, 11) is 1.00. The standard InChI is InChI=1S/CH4O.2W/c1-2;;/h2H,1H3;;. The molecule has 26 valence electrons. The second-order valence-electron chi connectivity index (χ2n) is 0. The molecule has 1 N–H and O–H groups in total. The molecule has 0 aromatic carbocycles. The molecule has 0 atom stereocenters. The number of hydrogen-bond acceptors (Lipinski definition) is 1. The van der Waals surface area contributed by atoms with Crippen molar-refractivity contribution in [2.75, 3.05) is 7.11 Å². The Kier molecular flexibility index (Phi) is 124. The van der Waals surface area contributed by atoms with Crippen LogP contribution in [-0.4, -0.2) is 12.2 Å². The maximum atomic E-state index is 7.00. The third-order valence-electron chi connectivity index (χ3n) is 0. The van der Waals surface area contributed by atoms with Gasteiger partial charge in [-0.15, -0.1) is 0 Å². The van der Waals surface area contributed by atoms with Gasteiger partial charge in [-0.1, -0.05) is 0 Å². The van der Waals surface area contributed by atoms with E-state index in [4.69, 9.17) is 5.11 Å². The summed E-state index contributed by atoms with van der Waals surface area (Å²) in [6.07, 6.45) is 0. The first-order valence-corrected chi connectivity index (χ1v) is 0.447. The van der Waals surface area contributed by atoms with Gasteiger partial charge >= 0.3 is 0 Å². The smallest absolute Gasteiger partial charge is 0.0319 e. The maximum Gasteiger partial charge on any atom is 0.0319 e. The van der Waals surface area contributed by atoms with Crippen LogP contribution in [0.5, 0.6) is 0 Å². The van der Waals surface area contributed by atoms with Crippen molar-refractivity contribution in [3.63, 3.8) is 0 Å². The molecule has 0 radical (unpaired) electrons. The molecule has 0 aliphatic carbocycles. The summed E-state index contributed by atoms with van der Waals surface area (Å²) in [4.78, 5) is 0. The molecule has 0 aromatic heterocycles. The minimum atomic E-state index is 0. The Morgan fingerprint density at radius 2 is 1.00 bits per heavy atom. The molecule has 0 spiro atoms. The number of aliphatic hydroxyl groups excluding tert-OH is 1. The zero-order valence-corrected chi connectivity index (χ0v) is 8.13. The van der Waals surface area contributed by atoms with Crippen molar-refractivity contribution >= 4 is 0 Å². The van der Waals surface area contributed by atoms with E-state index in [1.165, 1.54) is 0 Å². The van der Waals surface area contributed by atoms with Crippen LogP contribution in [0.25, 0.3) is 0 Å². The van der Waals surface area contributed by atoms with E-state index >= 15 is 0 Å². The minimum Gasteiger partial charge on any atom is -0.400 e. The summed E-state index contributed by atoms with van der Waals surface area (Å²) in [5.41, 5.74) is 0. The van der Waals surface area contributed by atoms with Gasteiger partial charge < -0.3 is 5.11 Å². The van der Waals surface area contributed by atoms with Crippen molar-refractivity contribution in [2.24, 2.45) is 0 Å². The van der Waals surface area contributed by atoms with Crippen LogP contribution in [0.15, 0.2) is 0 Å². The molecule has 0 bridgehead atoms. The number of hydrogen-bond donors (Lipinski definition) is 1. The van der Waals surface area contributed by atoms with E-state index in [1.807, 2.05) is 0 Å². The van der Waals surface area contributed by atoms with Gasteiger partial charge in [-0.05, 0) is 0 Å². The summed E-state index contributed by atoms with van der Waals surface area (Å²) in [6, 6.07) is 0. The Labute approximate surface area is 54.3 Å². The third kappa shape index (κ3) is 10.2. The molecule has 0 fully saturated rings. The summed E-state index contributed by atoms with van der Waals surface area (Å²) in [5, 5.41) is 7.00. The first-order chi connectivity index (χ1) is 1.00. The fourth-order valence-electron chi connectivity index (χ4n) is 0. The van der Waals surface area contributed by atoms with Gasteiger partial charge in [-0.3, -0.25) is 0 Å². The molecular weight excluding hydrogens is 396 g/mol. The first kappa shape index (κ1) is 18.4. The Morgan fingerprint density at radius 3 is 1.00 bits per heavy atom. The molecular formula is CH4OW2. The van der Waals surface area contributed by atoms with Crippen LogP contribution in [-0.2, 0) is 42.1 Å². The van der Waals surface area contributed by atoms with Crippen molar-refractivity contribution in [3.05, 3.63) is 0 Å². The van der Waals surface area contributed by atoms with E-state index in [2.05, 4.69) is 0 Å². The van der Waals surface area contributed by atoms with Gasteiger partial charge in [0.1, 0.15) is 0 Å². The molecule has 0 aromatic rings. The fourth-order valence-corrected chi connectivity index (χ4v) is 0. The van der Waals surface area contributed by atoms with Gasteiger partial charge in [-0.2, -0.15) is 0 Å². The van der Waals surface area contributed by atoms with E-state index < -0.39 is 0 Å². The molecule has 3 heteroatoms. The number of aliphatic hydroxyl groups is 1. The molecule has 0 rings (SSSR count). The van der Waals surface area contributed by atoms with Gasteiger partial charge in [0.25, 0.3) is 0 Å². The van der Waals surface area contributed by atoms with E-state index in [1.54, 1.807) is 0 Å². The van der Waals surface area contributed by atoms with Crippen molar-refractivity contribution in [1.29, 1.82) is 0 Å². The Hall–Kier alpha value is 1.34. The Bertz CT molecular complexity index is 6.00. The van der Waals surface area contributed by atoms with E-state index in [-0.39, 0.29) is 42.1 Å². The first-order valence-electron chi connectivity index (χ1n) is 0.447. The fraction of sp³-hybridized carbons (Fsp3) is 1.00. The van der Waals surface area contributed by atoms with Crippen molar-refractivity contribution < 1.29 is 47.2 Å². The van der Waals surface area contributed by atoms with Gasteiger partial charge in [0.15, 0.2) is 0 Å². The van der Waals surface area contributed by atoms with Crippen molar-refractivity contribution in [3.8, 4) is 0 Å². The SMILES string of the molecule is CO.[W].[W]. The van der Waals surface area contributed by atoms with E-state index in [0.29, 0.717) is 0 Å². The quantitative estimate of drug-likeness (QED) is 0.588. The average molecular weight is 400 g/mol. The van der Waals surface area contributed by atoms with Crippen LogP contribution in [0.3, 0.4) is 0 Å².